The number of anilines is 2. The minimum Gasteiger partial charge on any atom is -0.371 e. The van der Waals surface area contributed by atoms with Crippen molar-refractivity contribution in [3.63, 3.8) is 0 Å². The summed E-state index contributed by atoms with van der Waals surface area (Å²) in [6, 6.07) is 4.51. The highest BCUT2D eigenvalue weighted by atomic mass is 32.2. The minimum absolute atomic E-state index is 0.0758. The summed E-state index contributed by atoms with van der Waals surface area (Å²) in [5.41, 5.74) is -5.45. The molecule has 0 atom stereocenters. The van der Waals surface area contributed by atoms with Gasteiger partial charge in [-0.3, -0.25) is 4.79 Å². The number of hydrogen-bond acceptors (Lipinski definition) is 8. The summed E-state index contributed by atoms with van der Waals surface area (Å²) in [5.74, 6) is -1.15. The zero-order valence-electron chi connectivity index (χ0n) is 16.9. The molecule has 170 valence electrons. The lowest BCUT2D eigenvalue weighted by molar-refractivity contribution is -0.0328. The van der Waals surface area contributed by atoms with Crippen molar-refractivity contribution in [3.8, 4) is 6.07 Å². The molecule has 8 nitrogen and oxygen atoms in total. The Hall–Kier alpha value is -2.85. The van der Waals surface area contributed by atoms with Gasteiger partial charge in [0.1, 0.15) is 11.5 Å². The van der Waals surface area contributed by atoms with E-state index in [1.807, 2.05) is 0 Å². The van der Waals surface area contributed by atoms with E-state index in [0.29, 0.717) is 18.4 Å². The van der Waals surface area contributed by atoms with Gasteiger partial charge in [-0.1, -0.05) is 6.92 Å². The highest BCUT2D eigenvalue weighted by Crippen LogP contribution is 2.48. The predicted octanol–water partition coefficient (Wildman–Crippen LogP) is 3.73. The second-order valence-corrected chi connectivity index (χ2v) is 10.4. The molecule has 0 saturated heterocycles. The van der Waals surface area contributed by atoms with E-state index < -0.39 is 44.1 Å². The summed E-state index contributed by atoms with van der Waals surface area (Å²) < 4.78 is 63.4. The quantitative estimate of drug-likeness (QED) is 0.569. The second-order valence-electron chi connectivity index (χ2n) is 6.99. The number of nitrogens with zero attached hydrogens (tertiary/aromatic N) is 3. The maximum atomic E-state index is 12.9. The number of sulfone groups is 1. The highest BCUT2D eigenvalue weighted by Gasteiger charge is 2.46. The summed E-state index contributed by atoms with van der Waals surface area (Å²) >= 11 is -0.402. The number of aromatic nitrogens is 2. The van der Waals surface area contributed by atoms with Gasteiger partial charge in [-0.25, -0.2) is 18.4 Å². The summed E-state index contributed by atoms with van der Waals surface area (Å²) in [4.78, 5) is 20.2. The molecule has 0 spiro atoms. The predicted molar refractivity (Wildman–Crippen MR) is 112 cm³/mol. The van der Waals surface area contributed by atoms with Gasteiger partial charge in [0.2, 0.25) is 0 Å². The number of amides is 1. The molecule has 2 heterocycles. The number of hydrogen-bond donors (Lipinski definition) is 2. The molecule has 2 aromatic heterocycles. The Morgan fingerprint density at radius 2 is 1.97 bits per heavy atom. The van der Waals surface area contributed by atoms with Crippen LogP contribution in [0.2, 0.25) is 0 Å². The van der Waals surface area contributed by atoms with Gasteiger partial charge in [-0.05, 0) is 42.3 Å². The Morgan fingerprint density at radius 1 is 1.28 bits per heavy atom. The summed E-state index contributed by atoms with van der Waals surface area (Å²) in [6.45, 7) is 1.40. The van der Waals surface area contributed by atoms with Crippen LogP contribution in [0.15, 0.2) is 34.3 Å². The number of thioether (sulfide) groups is 1. The number of carbonyl (C=O) groups excluding carboxylic acids is 1. The molecule has 1 saturated carbocycles. The van der Waals surface area contributed by atoms with Crippen LogP contribution >= 0.6 is 11.8 Å². The lowest BCUT2D eigenvalue weighted by atomic mass is 9.99. The Balaban J connectivity index is 2.01. The molecule has 1 amide bonds. The smallest absolute Gasteiger partial charge is 0.371 e. The van der Waals surface area contributed by atoms with Crippen LogP contribution in [0, 0.1) is 11.3 Å². The molecule has 3 rings (SSSR count). The molecular weight excluding hydrogens is 467 g/mol. The van der Waals surface area contributed by atoms with E-state index in [9.17, 15) is 31.6 Å². The van der Waals surface area contributed by atoms with Crippen LogP contribution < -0.4 is 10.6 Å². The largest absolute Gasteiger partial charge is 0.446 e. The van der Waals surface area contributed by atoms with Gasteiger partial charge >= 0.3 is 5.51 Å². The molecule has 0 aromatic carbocycles. The minimum atomic E-state index is -4.55. The lowest BCUT2D eigenvalue weighted by Crippen LogP contribution is -2.21. The Kier molecular flexibility index (Phi) is 6.39. The standard InChI is InChI=1S/C19H18F3N5O3S2/c1-3-32(29,30)14-6-11(18(10-23)4-5-18)8-25-15(14)17(28)27-13-7-12(31-19(20,21)22)9-26-16(13)24-2/h6-9H,3-5H2,1-2H3,(H,24,26)(H,27,28). The normalized spacial score (nSPS) is 15.0. The molecular formula is C19H18F3N5O3S2. The van der Waals surface area contributed by atoms with Crippen LogP contribution in [-0.4, -0.2) is 42.6 Å². The van der Waals surface area contributed by atoms with E-state index in [4.69, 9.17) is 0 Å². The zero-order chi connectivity index (χ0) is 23.7. The van der Waals surface area contributed by atoms with Gasteiger partial charge in [0.15, 0.2) is 9.84 Å². The third kappa shape index (κ3) is 4.97. The number of rotatable bonds is 7. The van der Waals surface area contributed by atoms with Crippen molar-refractivity contribution in [2.75, 3.05) is 23.4 Å². The van der Waals surface area contributed by atoms with E-state index in [2.05, 4.69) is 26.7 Å². The highest BCUT2D eigenvalue weighted by molar-refractivity contribution is 8.00. The first-order chi connectivity index (χ1) is 14.9. The number of pyridine rings is 2. The fraction of sp³-hybridized carbons (Fsp3) is 0.368. The van der Waals surface area contributed by atoms with Gasteiger partial charge in [-0.2, -0.15) is 18.4 Å². The number of halogens is 3. The van der Waals surface area contributed by atoms with E-state index in [1.54, 1.807) is 0 Å². The number of carbonyl (C=O) groups is 1. The number of nitrogens with one attached hydrogen (secondary N) is 2. The van der Waals surface area contributed by atoms with Gasteiger partial charge < -0.3 is 10.6 Å². The molecule has 1 fully saturated rings. The van der Waals surface area contributed by atoms with Crippen LogP contribution in [0.3, 0.4) is 0 Å². The topological polar surface area (TPSA) is 125 Å². The van der Waals surface area contributed by atoms with Crippen LogP contribution in [0.4, 0.5) is 24.7 Å². The molecule has 32 heavy (non-hydrogen) atoms. The first-order valence-electron chi connectivity index (χ1n) is 9.34. The molecule has 1 aliphatic rings. The monoisotopic (exact) mass is 485 g/mol. The van der Waals surface area contributed by atoms with E-state index in [1.165, 1.54) is 26.2 Å². The van der Waals surface area contributed by atoms with Crippen molar-refractivity contribution >= 4 is 39.0 Å². The first kappa shape index (κ1) is 23.8. The van der Waals surface area contributed by atoms with Gasteiger partial charge in [0.25, 0.3) is 5.91 Å². The van der Waals surface area contributed by atoms with Gasteiger partial charge in [-0.15, -0.1) is 0 Å². The molecule has 0 radical (unpaired) electrons. The molecule has 0 aliphatic heterocycles. The third-order valence-electron chi connectivity index (χ3n) is 4.88. The molecule has 2 N–H and O–H groups in total. The Bertz CT molecular complexity index is 1210. The van der Waals surface area contributed by atoms with Gasteiger partial charge in [0, 0.05) is 24.3 Å². The summed E-state index contributed by atoms with van der Waals surface area (Å²) in [7, 11) is -2.43. The van der Waals surface area contributed by atoms with Crippen LogP contribution in [-0.2, 0) is 15.3 Å². The molecule has 1 aliphatic carbocycles. The average Bonchev–Trinajstić information content (AvgIpc) is 3.54. The summed E-state index contributed by atoms with van der Waals surface area (Å²) in [5, 5.41) is 14.4. The Labute approximate surface area is 186 Å². The fourth-order valence-corrected chi connectivity index (χ4v) is 4.58. The van der Waals surface area contributed by atoms with Crippen LogP contribution in [0.25, 0.3) is 0 Å². The fourth-order valence-electron chi connectivity index (χ4n) is 2.97. The average molecular weight is 486 g/mol. The summed E-state index contributed by atoms with van der Waals surface area (Å²) in [6.07, 6.45) is 3.40. The van der Waals surface area contributed by atoms with Crippen molar-refractivity contribution in [2.45, 2.75) is 40.5 Å². The van der Waals surface area contributed by atoms with Crippen LogP contribution in [0.1, 0.15) is 35.8 Å². The Morgan fingerprint density at radius 3 is 2.50 bits per heavy atom. The van der Waals surface area contributed by atoms with Gasteiger partial charge in [0.05, 0.1) is 27.8 Å². The second kappa shape index (κ2) is 8.59. The lowest BCUT2D eigenvalue weighted by Gasteiger charge is -2.15. The molecule has 0 unspecified atom stereocenters. The molecule has 13 heteroatoms. The third-order valence-corrected chi connectivity index (χ3v) is 7.31. The van der Waals surface area contributed by atoms with E-state index in [0.717, 1.165) is 12.3 Å². The van der Waals surface area contributed by atoms with Crippen LogP contribution in [0.5, 0.6) is 0 Å². The number of nitriles is 1. The van der Waals surface area contributed by atoms with Crippen molar-refractivity contribution < 1.29 is 26.4 Å². The van der Waals surface area contributed by atoms with Crippen molar-refractivity contribution in [3.05, 3.63) is 35.8 Å². The maximum absolute atomic E-state index is 12.9. The van der Waals surface area contributed by atoms with Crippen molar-refractivity contribution in [1.29, 1.82) is 5.26 Å². The zero-order valence-corrected chi connectivity index (χ0v) is 18.6. The van der Waals surface area contributed by atoms with E-state index in [-0.39, 0.29) is 27.0 Å². The van der Waals surface area contributed by atoms with Crippen molar-refractivity contribution in [1.82, 2.24) is 9.97 Å². The molecule has 0 bridgehead atoms. The molecule has 2 aromatic rings. The number of alkyl halides is 3. The van der Waals surface area contributed by atoms with E-state index >= 15 is 0 Å². The SMILES string of the molecule is CCS(=O)(=O)c1cc(C2(C#N)CC2)cnc1C(=O)Nc1cc(SC(F)(F)F)cnc1NC. The maximum Gasteiger partial charge on any atom is 0.446 e. The van der Waals surface area contributed by atoms with Crippen molar-refractivity contribution in [2.24, 2.45) is 0 Å². The first-order valence-corrected chi connectivity index (χ1v) is 11.8.